The van der Waals surface area contributed by atoms with Gasteiger partial charge in [-0.1, -0.05) is 140 Å². The maximum Gasteiger partial charge on any atom is 2.00 e. The predicted molar refractivity (Wildman–Crippen MR) is 195 cm³/mol. The van der Waals surface area contributed by atoms with Gasteiger partial charge in [0, 0.05) is 0 Å². The molecule has 5 aromatic carbocycles. The smallest absolute Gasteiger partial charge is 0.872 e. The molecule has 0 aliphatic rings. The summed E-state index contributed by atoms with van der Waals surface area (Å²) in [6.45, 7) is 22.1. The summed E-state index contributed by atoms with van der Waals surface area (Å²) in [5.41, 5.74) is 9.43. The van der Waals surface area contributed by atoms with Crippen LogP contribution in [0.15, 0.2) is 94.9 Å². The molecule has 248 valence electrons. The molecular weight excluding hydrogens is 623 g/mol. The third-order valence-corrected chi connectivity index (χ3v) is 8.61. The fourth-order valence-corrected chi connectivity index (χ4v) is 5.86. The standard InChI is InChI=1S/C28H40N2.C14H10O2.Ni/c1-17(2)23-13-11-14-24(18(3)4)27(23)29-21(9)22(10)30-28-25(19(5)6)15-12-16-26(28)20(7)8;15-13-11-7-3-1-5-9(11)10-6-2-4-8-12(10)14(13)16;/h11-20H,1-10H3;1-8,15-16H;/q;;+2/p-2. The second-order valence-electron chi connectivity index (χ2n) is 13.3. The van der Waals surface area contributed by atoms with Crippen molar-refractivity contribution in [3.63, 3.8) is 0 Å². The summed E-state index contributed by atoms with van der Waals surface area (Å²) in [5.74, 6) is 0.912. The third-order valence-electron chi connectivity index (χ3n) is 8.61. The van der Waals surface area contributed by atoms with Crippen LogP contribution >= 0.6 is 0 Å². The Bertz CT molecular complexity index is 1710. The second kappa shape index (κ2) is 16.2. The van der Waals surface area contributed by atoms with Gasteiger partial charge in [0.05, 0.1) is 22.8 Å². The van der Waals surface area contributed by atoms with Crippen LogP contribution in [0.2, 0.25) is 0 Å². The SMILES string of the molecule is CC(=Nc1c(C(C)C)cccc1C(C)C)C(C)=Nc1c(C(C)C)cccc1C(C)C.[Ni+2].[O-]c1c([O-])c2ccccc2c2ccccc12. The van der Waals surface area contributed by atoms with E-state index in [1.165, 1.54) is 22.3 Å². The Morgan fingerprint density at radius 1 is 0.426 bits per heavy atom. The van der Waals surface area contributed by atoms with Crippen LogP contribution in [0.3, 0.4) is 0 Å². The van der Waals surface area contributed by atoms with E-state index in [0.29, 0.717) is 34.4 Å². The number of benzene rings is 5. The molecule has 0 bridgehead atoms. The molecule has 0 heterocycles. The van der Waals surface area contributed by atoms with Gasteiger partial charge in [-0.15, -0.1) is 11.5 Å². The Balaban J connectivity index is 0.000000295. The van der Waals surface area contributed by atoms with Crippen LogP contribution in [-0.2, 0) is 16.5 Å². The van der Waals surface area contributed by atoms with Crippen molar-refractivity contribution >= 4 is 44.3 Å². The quantitative estimate of drug-likeness (QED) is 0.0981. The van der Waals surface area contributed by atoms with Crippen molar-refractivity contribution in [2.75, 3.05) is 0 Å². The van der Waals surface area contributed by atoms with E-state index in [9.17, 15) is 10.2 Å². The van der Waals surface area contributed by atoms with Crippen LogP contribution in [0.4, 0.5) is 11.4 Å². The van der Waals surface area contributed by atoms with E-state index in [1.807, 2.05) is 24.3 Å². The largest absolute Gasteiger partial charge is 2.00 e. The maximum atomic E-state index is 11.8. The zero-order chi connectivity index (χ0) is 33.7. The second-order valence-corrected chi connectivity index (χ2v) is 13.3. The first-order valence-corrected chi connectivity index (χ1v) is 16.5. The topological polar surface area (TPSA) is 70.8 Å². The summed E-state index contributed by atoms with van der Waals surface area (Å²) in [6, 6.07) is 27.6. The third kappa shape index (κ3) is 8.32. The zero-order valence-electron chi connectivity index (χ0n) is 29.4. The number of rotatable bonds is 7. The van der Waals surface area contributed by atoms with Crippen LogP contribution in [0.25, 0.3) is 21.5 Å². The number of nitrogens with zero attached hydrogens (tertiary/aromatic N) is 2. The summed E-state index contributed by atoms with van der Waals surface area (Å²) in [6.07, 6.45) is 0. The van der Waals surface area contributed by atoms with Gasteiger partial charge in [-0.25, -0.2) is 0 Å². The number of aliphatic imine (C=N–C) groups is 2. The first-order valence-electron chi connectivity index (χ1n) is 16.5. The average molecular weight is 672 g/mol. The molecule has 0 N–H and O–H groups in total. The van der Waals surface area contributed by atoms with Gasteiger partial charge in [0.2, 0.25) is 0 Å². The van der Waals surface area contributed by atoms with Crippen molar-refractivity contribution in [1.29, 1.82) is 0 Å². The minimum Gasteiger partial charge on any atom is -0.872 e. The number of fused-ring (bicyclic) bond motifs is 3. The molecular formula is C42H48N2NiO2. The van der Waals surface area contributed by atoms with E-state index in [-0.39, 0.29) is 16.5 Å². The molecule has 0 aliphatic heterocycles. The van der Waals surface area contributed by atoms with Crippen LogP contribution in [0, 0.1) is 0 Å². The van der Waals surface area contributed by atoms with E-state index in [0.717, 1.165) is 33.6 Å². The van der Waals surface area contributed by atoms with Crippen LogP contribution in [0.1, 0.15) is 115 Å². The average Bonchev–Trinajstić information content (AvgIpc) is 3.03. The van der Waals surface area contributed by atoms with Gasteiger partial charge in [0.1, 0.15) is 0 Å². The van der Waals surface area contributed by atoms with Crippen molar-refractivity contribution in [2.24, 2.45) is 9.98 Å². The van der Waals surface area contributed by atoms with Crippen molar-refractivity contribution < 1.29 is 26.7 Å². The Morgan fingerprint density at radius 3 is 0.936 bits per heavy atom. The number of hydrogen-bond acceptors (Lipinski definition) is 4. The van der Waals surface area contributed by atoms with Gasteiger partial charge < -0.3 is 10.2 Å². The summed E-state index contributed by atoms with van der Waals surface area (Å²) in [4.78, 5) is 10.3. The maximum absolute atomic E-state index is 11.8. The molecule has 0 atom stereocenters. The zero-order valence-corrected chi connectivity index (χ0v) is 30.4. The molecule has 0 amide bonds. The minimum absolute atomic E-state index is 0. The summed E-state index contributed by atoms with van der Waals surface area (Å²) >= 11 is 0. The molecule has 5 rings (SSSR count). The normalized spacial score (nSPS) is 12.2. The monoisotopic (exact) mass is 670 g/mol. The van der Waals surface area contributed by atoms with Gasteiger partial charge >= 0.3 is 16.5 Å². The van der Waals surface area contributed by atoms with E-state index < -0.39 is 11.5 Å². The molecule has 0 unspecified atom stereocenters. The predicted octanol–water partition coefficient (Wildman–Crippen LogP) is 11.2. The molecule has 0 aromatic heterocycles. The summed E-state index contributed by atoms with van der Waals surface area (Å²) in [5, 5.41) is 26.4. The van der Waals surface area contributed by atoms with Crippen molar-refractivity contribution in [2.45, 2.75) is 92.9 Å². The van der Waals surface area contributed by atoms with Crippen molar-refractivity contribution in [3.05, 3.63) is 107 Å². The van der Waals surface area contributed by atoms with Gasteiger partial charge in [-0.2, -0.15) is 0 Å². The Morgan fingerprint density at radius 2 is 0.681 bits per heavy atom. The van der Waals surface area contributed by atoms with E-state index in [1.54, 1.807) is 24.3 Å². The molecule has 0 aliphatic carbocycles. The molecule has 0 spiro atoms. The molecule has 5 heteroatoms. The Labute approximate surface area is 291 Å². The van der Waals surface area contributed by atoms with Crippen molar-refractivity contribution in [3.8, 4) is 11.5 Å². The van der Waals surface area contributed by atoms with E-state index >= 15 is 0 Å². The molecule has 4 nitrogen and oxygen atoms in total. The van der Waals surface area contributed by atoms with Crippen molar-refractivity contribution in [1.82, 2.24) is 0 Å². The molecule has 0 saturated carbocycles. The fourth-order valence-electron chi connectivity index (χ4n) is 5.86. The molecule has 5 aromatic rings. The van der Waals surface area contributed by atoms with Crippen LogP contribution in [0.5, 0.6) is 11.5 Å². The van der Waals surface area contributed by atoms with Gasteiger partial charge in [-0.05, 0) is 81.3 Å². The first kappa shape index (κ1) is 37.5. The molecule has 0 saturated heterocycles. The minimum atomic E-state index is -0.408. The molecule has 47 heavy (non-hydrogen) atoms. The fraction of sp³-hybridized carbons (Fsp3) is 0.333. The number of para-hydroxylation sites is 2. The van der Waals surface area contributed by atoms with E-state index in [2.05, 4.69) is 106 Å². The number of hydrogen-bond donors (Lipinski definition) is 0. The summed E-state index contributed by atoms with van der Waals surface area (Å²) in [7, 11) is 0. The van der Waals surface area contributed by atoms with Crippen LogP contribution < -0.4 is 10.2 Å². The molecule has 0 fully saturated rings. The Kier molecular flexibility index (Phi) is 13.0. The molecule has 0 radical (unpaired) electrons. The first-order chi connectivity index (χ1) is 21.8. The summed E-state index contributed by atoms with van der Waals surface area (Å²) < 4.78 is 0. The van der Waals surface area contributed by atoms with Gasteiger partial charge in [0.25, 0.3) is 0 Å². The van der Waals surface area contributed by atoms with Gasteiger partial charge in [-0.3, -0.25) is 9.98 Å². The van der Waals surface area contributed by atoms with Gasteiger partial charge in [0.15, 0.2) is 0 Å². The van der Waals surface area contributed by atoms with E-state index in [4.69, 9.17) is 9.98 Å². The Hall–Kier alpha value is -3.95. The van der Waals surface area contributed by atoms with Crippen LogP contribution in [-0.4, -0.2) is 11.4 Å².